The van der Waals surface area contributed by atoms with E-state index in [0.29, 0.717) is 18.7 Å². The molecule has 1 aliphatic rings. The number of nitrogens with zero attached hydrogens (tertiary/aromatic N) is 4. The summed E-state index contributed by atoms with van der Waals surface area (Å²) in [5, 5.41) is 0. The summed E-state index contributed by atoms with van der Waals surface area (Å²) in [6, 6.07) is 1.92. The van der Waals surface area contributed by atoms with Crippen molar-refractivity contribution < 1.29 is 18.0 Å². The van der Waals surface area contributed by atoms with Gasteiger partial charge in [0.25, 0.3) is 5.91 Å². The highest BCUT2D eigenvalue weighted by Crippen LogP contribution is 2.27. The number of nitrogen functional groups attached to an aromatic ring is 1. The molecule has 0 atom stereocenters. The third-order valence-electron chi connectivity index (χ3n) is 3.55. The molecule has 0 saturated carbocycles. The van der Waals surface area contributed by atoms with Crippen LogP contribution in [0.5, 0.6) is 0 Å². The SMILES string of the molecule is Nc1ncc2c(n1)CN(C(=O)c1ccc(C(F)(F)F)nc1)CC2. The number of nitrogens with two attached hydrogens (primary N) is 1. The Labute approximate surface area is 129 Å². The Hall–Kier alpha value is -2.71. The predicted octanol–water partition coefficient (Wildman–Crippen LogP) is 1.67. The number of fused-ring (bicyclic) bond motifs is 1. The number of halogens is 3. The second kappa shape index (κ2) is 5.49. The highest BCUT2D eigenvalue weighted by molar-refractivity contribution is 5.94. The first-order chi connectivity index (χ1) is 10.8. The van der Waals surface area contributed by atoms with Crippen molar-refractivity contribution >= 4 is 11.9 Å². The van der Waals surface area contributed by atoms with Crippen LogP contribution in [0.4, 0.5) is 19.1 Å². The summed E-state index contributed by atoms with van der Waals surface area (Å²) >= 11 is 0. The van der Waals surface area contributed by atoms with Crippen molar-refractivity contribution in [1.29, 1.82) is 0 Å². The fraction of sp³-hybridized carbons (Fsp3) is 0.286. The van der Waals surface area contributed by atoms with Crippen molar-refractivity contribution in [2.75, 3.05) is 12.3 Å². The molecule has 1 aliphatic heterocycles. The van der Waals surface area contributed by atoms with Crippen molar-refractivity contribution in [3.63, 3.8) is 0 Å². The van der Waals surface area contributed by atoms with Gasteiger partial charge in [-0.15, -0.1) is 0 Å². The molecule has 2 N–H and O–H groups in total. The highest BCUT2D eigenvalue weighted by atomic mass is 19.4. The number of aromatic nitrogens is 3. The predicted molar refractivity (Wildman–Crippen MR) is 74.1 cm³/mol. The van der Waals surface area contributed by atoms with E-state index in [9.17, 15) is 18.0 Å². The molecule has 120 valence electrons. The molecular weight excluding hydrogens is 311 g/mol. The minimum Gasteiger partial charge on any atom is -0.368 e. The summed E-state index contributed by atoms with van der Waals surface area (Å²) in [7, 11) is 0. The molecule has 0 radical (unpaired) electrons. The first-order valence-electron chi connectivity index (χ1n) is 6.77. The molecular formula is C14H12F3N5O. The molecule has 0 bridgehead atoms. The zero-order chi connectivity index (χ0) is 16.6. The lowest BCUT2D eigenvalue weighted by Crippen LogP contribution is -2.36. The summed E-state index contributed by atoms with van der Waals surface area (Å²) in [6.07, 6.45) is -1.40. The molecule has 0 spiro atoms. The smallest absolute Gasteiger partial charge is 0.368 e. The third kappa shape index (κ3) is 3.08. The van der Waals surface area contributed by atoms with E-state index >= 15 is 0 Å². The highest BCUT2D eigenvalue weighted by Gasteiger charge is 2.32. The topological polar surface area (TPSA) is 85.0 Å². The van der Waals surface area contributed by atoms with E-state index in [2.05, 4.69) is 15.0 Å². The number of carbonyl (C=O) groups excluding carboxylic acids is 1. The summed E-state index contributed by atoms with van der Waals surface area (Å²) in [4.78, 5) is 25.2. The van der Waals surface area contributed by atoms with Gasteiger partial charge in [-0.1, -0.05) is 0 Å². The van der Waals surface area contributed by atoms with E-state index in [1.54, 1.807) is 6.20 Å². The second-order valence-electron chi connectivity index (χ2n) is 5.11. The van der Waals surface area contributed by atoms with Gasteiger partial charge in [-0.25, -0.2) is 9.97 Å². The maximum absolute atomic E-state index is 12.5. The Morgan fingerprint density at radius 2 is 2.00 bits per heavy atom. The molecule has 1 amide bonds. The number of anilines is 1. The minimum atomic E-state index is -4.53. The lowest BCUT2D eigenvalue weighted by molar-refractivity contribution is -0.141. The Kier molecular flexibility index (Phi) is 3.63. The summed E-state index contributed by atoms with van der Waals surface area (Å²) in [5.74, 6) is -0.275. The number of pyridine rings is 1. The fourth-order valence-corrected chi connectivity index (χ4v) is 2.36. The fourth-order valence-electron chi connectivity index (χ4n) is 2.36. The number of rotatable bonds is 1. The zero-order valence-electron chi connectivity index (χ0n) is 11.8. The van der Waals surface area contributed by atoms with Crippen molar-refractivity contribution in [2.24, 2.45) is 0 Å². The Morgan fingerprint density at radius 3 is 2.65 bits per heavy atom. The van der Waals surface area contributed by atoms with Gasteiger partial charge in [0, 0.05) is 18.9 Å². The van der Waals surface area contributed by atoms with Crippen LogP contribution in [0.15, 0.2) is 24.5 Å². The van der Waals surface area contributed by atoms with Gasteiger partial charge in [0.2, 0.25) is 5.95 Å². The van der Waals surface area contributed by atoms with Crippen LogP contribution in [0.1, 0.15) is 27.3 Å². The normalized spacial score (nSPS) is 14.5. The quantitative estimate of drug-likeness (QED) is 0.863. The number of alkyl halides is 3. The molecule has 23 heavy (non-hydrogen) atoms. The van der Waals surface area contributed by atoms with Gasteiger partial charge >= 0.3 is 6.18 Å². The largest absolute Gasteiger partial charge is 0.433 e. The molecule has 0 saturated heterocycles. The molecule has 0 aromatic carbocycles. The van der Waals surface area contributed by atoms with Gasteiger partial charge in [-0.05, 0) is 24.1 Å². The molecule has 9 heteroatoms. The van der Waals surface area contributed by atoms with Crippen LogP contribution in [0.25, 0.3) is 0 Å². The third-order valence-corrected chi connectivity index (χ3v) is 3.55. The zero-order valence-corrected chi connectivity index (χ0v) is 11.8. The number of carbonyl (C=O) groups is 1. The van der Waals surface area contributed by atoms with Crippen LogP contribution < -0.4 is 5.73 Å². The Bertz CT molecular complexity index is 745. The maximum atomic E-state index is 12.5. The van der Waals surface area contributed by atoms with Gasteiger partial charge in [0.1, 0.15) is 5.69 Å². The molecule has 2 aromatic rings. The van der Waals surface area contributed by atoms with Crippen LogP contribution in [0.2, 0.25) is 0 Å². The van der Waals surface area contributed by atoms with Crippen molar-refractivity contribution in [1.82, 2.24) is 19.9 Å². The van der Waals surface area contributed by atoms with Crippen LogP contribution >= 0.6 is 0 Å². The molecule has 3 heterocycles. The molecule has 0 fully saturated rings. The van der Waals surface area contributed by atoms with E-state index in [4.69, 9.17) is 5.73 Å². The monoisotopic (exact) mass is 323 g/mol. The molecule has 3 rings (SSSR count). The second-order valence-corrected chi connectivity index (χ2v) is 5.11. The van der Waals surface area contributed by atoms with E-state index in [0.717, 1.165) is 23.9 Å². The van der Waals surface area contributed by atoms with E-state index in [1.807, 2.05) is 0 Å². The molecule has 2 aromatic heterocycles. The molecule has 6 nitrogen and oxygen atoms in total. The van der Waals surface area contributed by atoms with Crippen LogP contribution in [-0.4, -0.2) is 32.3 Å². The van der Waals surface area contributed by atoms with Gasteiger partial charge in [-0.2, -0.15) is 13.2 Å². The molecule has 0 aliphatic carbocycles. The first kappa shape index (κ1) is 15.2. The maximum Gasteiger partial charge on any atom is 0.433 e. The van der Waals surface area contributed by atoms with E-state index < -0.39 is 17.8 Å². The van der Waals surface area contributed by atoms with Crippen LogP contribution in [0.3, 0.4) is 0 Å². The Morgan fingerprint density at radius 1 is 1.22 bits per heavy atom. The summed E-state index contributed by atoms with van der Waals surface area (Å²) in [6.45, 7) is 0.669. The number of amides is 1. The van der Waals surface area contributed by atoms with Crippen LogP contribution in [-0.2, 0) is 19.1 Å². The van der Waals surface area contributed by atoms with E-state index in [1.165, 1.54) is 4.90 Å². The number of hydrogen-bond acceptors (Lipinski definition) is 5. The van der Waals surface area contributed by atoms with Gasteiger partial charge in [0.15, 0.2) is 0 Å². The van der Waals surface area contributed by atoms with Crippen molar-refractivity contribution in [3.05, 3.63) is 47.0 Å². The average Bonchev–Trinajstić information content (AvgIpc) is 2.52. The van der Waals surface area contributed by atoms with Crippen LogP contribution in [0, 0.1) is 0 Å². The van der Waals surface area contributed by atoms with Gasteiger partial charge in [0.05, 0.1) is 17.8 Å². The minimum absolute atomic E-state index is 0.100. The van der Waals surface area contributed by atoms with Crippen molar-refractivity contribution in [3.8, 4) is 0 Å². The lowest BCUT2D eigenvalue weighted by Gasteiger charge is -2.28. The first-order valence-corrected chi connectivity index (χ1v) is 6.77. The number of hydrogen-bond donors (Lipinski definition) is 1. The molecule has 0 unspecified atom stereocenters. The summed E-state index contributed by atoms with van der Waals surface area (Å²) < 4.78 is 37.5. The van der Waals surface area contributed by atoms with E-state index in [-0.39, 0.29) is 18.1 Å². The Balaban J connectivity index is 1.79. The van der Waals surface area contributed by atoms with Gasteiger partial charge in [-0.3, -0.25) is 9.78 Å². The van der Waals surface area contributed by atoms with Crippen molar-refractivity contribution in [2.45, 2.75) is 19.1 Å². The average molecular weight is 323 g/mol. The standard InChI is InChI=1S/C14H12F3N5O/c15-14(16,17)11-2-1-9(6-19-11)12(23)22-4-3-8-5-20-13(18)21-10(8)7-22/h1-2,5-6H,3-4,7H2,(H2,18,20,21). The van der Waals surface area contributed by atoms with Gasteiger partial charge < -0.3 is 10.6 Å². The summed E-state index contributed by atoms with van der Waals surface area (Å²) in [5.41, 5.74) is 6.16. The lowest BCUT2D eigenvalue weighted by atomic mass is 10.1.